The standard InChI is InChI=1S/C12H19N5O2/c1-2-3-9-6-8(7-10(13)17-9)11(18)15-4-5-16-12(14)19/h6-7H,2-5H2,1H3,(H2,13,17)(H,15,18)(H3,14,16,19). The summed E-state index contributed by atoms with van der Waals surface area (Å²) in [5, 5.41) is 5.04. The van der Waals surface area contributed by atoms with Crippen molar-refractivity contribution in [3.8, 4) is 0 Å². The van der Waals surface area contributed by atoms with E-state index in [1.165, 1.54) is 6.07 Å². The van der Waals surface area contributed by atoms with Crippen LogP contribution in [0.5, 0.6) is 0 Å². The van der Waals surface area contributed by atoms with Gasteiger partial charge < -0.3 is 22.1 Å². The fourth-order valence-corrected chi connectivity index (χ4v) is 1.59. The first-order valence-electron chi connectivity index (χ1n) is 6.11. The van der Waals surface area contributed by atoms with Crippen LogP contribution >= 0.6 is 0 Å². The van der Waals surface area contributed by atoms with Crippen molar-refractivity contribution in [1.29, 1.82) is 0 Å². The minimum Gasteiger partial charge on any atom is -0.384 e. The van der Waals surface area contributed by atoms with Gasteiger partial charge in [-0.1, -0.05) is 13.3 Å². The number of carbonyl (C=O) groups excluding carboxylic acids is 2. The van der Waals surface area contributed by atoms with E-state index in [9.17, 15) is 9.59 Å². The summed E-state index contributed by atoms with van der Waals surface area (Å²) in [4.78, 5) is 26.5. The second kappa shape index (κ2) is 7.20. The number of rotatable bonds is 6. The van der Waals surface area contributed by atoms with Crippen molar-refractivity contribution in [1.82, 2.24) is 15.6 Å². The summed E-state index contributed by atoms with van der Waals surface area (Å²) in [5.41, 5.74) is 11.8. The number of nitrogen functional groups attached to an aromatic ring is 1. The molecule has 7 nitrogen and oxygen atoms in total. The molecule has 1 heterocycles. The zero-order valence-electron chi connectivity index (χ0n) is 10.9. The number of aromatic nitrogens is 1. The predicted molar refractivity (Wildman–Crippen MR) is 72.6 cm³/mol. The van der Waals surface area contributed by atoms with Gasteiger partial charge in [-0.05, 0) is 18.6 Å². The Morgan fingerprint density at radius 1 is 1.26 bits per heavy atom. The van der Waals surface area contributed by atoms with Crippen LogP contribution in [0.3, 0.4) is 0 Å². The monoisotopic (exact) mass is 265 g/mol. The molecule has 0 bridgehead atoms. The average Bonchev–Trinajstić information content (AvgIpc) is 2.34. The Balaban J connectivity index is 2.58. The molecule has 0 saturated heterocycles. The Kier molecular flexibility index (Phi) is 5.59. The number of nitrogens with zero attached hydrogens (tertiary/aromatic N) is 1. The maximum absolute atomic E-state index is 11.9. The van der Waals surface area contributed by atoms with Gasteiger partial charge in [-0.3, -0.25) is 4.79 Å². The molecule has 0 unspecified atom stereocenters. The number of nitrogens with two attached hydrogens (primary N) is 2. The van der Waals surface area contributed by atoms with Crippen molar-refractivity contribution >= 4 is 17.8 Å². The van der Waals surface area contributed by atoms with Gasteiger partial charge in [-0.25, -0.2) is 9.78 Å². The van der Waals surface area contributed by atoms with Gasteiger partial charge in [0.2, 0.25) is 0 Å². The normalized spacial score (nSPS) is 9.95. The first kappa shape index (κ1) is 14.7. The smallest absolute Gasteiger partial charge is 0.312 e. The van der Waals surface area contributed by atoms with Crippen LogP contribution in [0.15, 0.2) is 12.1 Å². The van der Waals surface area contributed by atoms with Gasteiger partial charge in [0.05, 0.1) is 0 Å². The highest BCUT2D eigenvalue weighted by Gasteiger charge is 2.08. The topological polar surface area (TPSA) is 123 Å². The predicted octanol–water partition coefficient (Wildman–Crippen LogP) is 0.0144. The van der Waals surface area contributed by atoms with Crippen LogP contribution in [0.25, 0.3) is 0 Å². The van der Waals surface area contributed by atoms with Crippen molar-refractivity contribution in [3.63, 3.8) is 0 Å². The van der Waals surface area contributed by atoms with Crippen molar-refractivity contribution in [2.45, 2.75) is 19.8 Å². The quantitative estimate of drug-likeness (QED) is 0.541. The average molecular weight is 265 g/mol. The molecule has 0 aromatic carbocycles. The lowest BCUT2D eigenvalue weighted by Crippen LogP contribution is -2.37. The molecule has 1 aromatic heterocycles. The first-order valence-corrected chi connectivity index (χ1v) is 6.11. The molecule has 0 fully saturated rings. The van der Waals surface area contributed by atoms with Gasteiger partial charge in [0.25, 0.3) is 5.91 Å². The number of nitrogens with one attached hydrogen (secondary N) is 2. The summed E-state index contributed by atoms with van der Waals surface area (Å²) >= 11 is 0. The molecule has 0 aliphatic carbocycles. The summed E-state index contributed by atoms with van der Waals surface area (Å²) in [6.07, 6.45) is 1.70. The van der Waals surface area contributed by atoms with Crippen molar-refractivity contribution in [3.05, 3.63) is 23.4 Å². The number of pyridine rings is 1. The van der Waals surface area contributed by atoms with E-state index >= 15 is 0 Å². The van der Waals surface area contributed by atoms with Gasteiger partial charge in [-0.15, -0.1) is 0 Å². The molecular weight excluding hydrogens is 246 g/mol. The number of hydrogen-bond donors (Lipinski definition) is 4. The molecule has 3 amide bonds. The van der Waals surface area contributed by atoms with Crippen molar-refractivity contribution in [2.75, 3.05) is 18.8 Å². The second-order valence-electron chi connectivity index (χ2n) is 4.07. The molecule has 7 heteroatoms. The van der Waals surface area contributed by atoms with E-state index in [2.05, 4.69) is 15.6 Å². The number of amides is 3. The molecule has 0 aliphatic rings. The van der Waals surface area contributed by atoms with Crippen LogP contribution in [-0.4, -0.2) is 30.0 Å². The molecule has 0 spiro atoms. The maximum atomic E-state index is 11.9. The Morgan fingerprint density at radius 3 is 2.58 bits per heavy atom. The Labute approximate surface area is 111 Å². The highest BCUT2D eigenvalue weighted by molar-refractivity contribution is 5.94. The Morgan fingerprint density at radius 2 is 1.95 bits per heavy atom. The molecular formula is C12H19N5O2. The molecule has 0 aliphatic heterocycles. The number of urea groups is 1. The van der Waals surface area contributed by atoms with Gasteiger partial charge in [0.15, 0.2) is 0 Å². The third-order valence-electron chi connectivity index (χ3n) is 2.38. The summed E-state index contributed by atoms with van der Waals surface area (Å²) in [7, 11) is 0. The highest BCUT2D eigenvalue weighted by Crippen LogP contribution is 2.09. The van der Waals surface area contributed by atoms with Crippen LogP contribution in [0.1, 0.15) is 29.4 Å². The molecule has 19 heavy (non-hydrogen) atoms. The Bertz CT molecular complexity index is 461. The molecule has 0 atom stereocenters. The third kappa shape index (κ3) is 5.24. The van der Waals surface area contributed by atoms with Gasteiger partial charge in [0.1, 0.15) is 5.82 Å². The molecule has 0 radical (unpaired) electrons. The zero-order valence-corrected chi connectivity index (χ0v) is 10.9. The van der Waals surface area contributed by atoms with E-state index in [1.807, 2.05) is 6.92 Å². The fraction of sp³-hybridized carbons (Fsp3) is 0.417. The second-order valence-corrected chi connectivity index (χ2v) is 4.07. The molecule has 104 valence electrons. The van der Waals surface area contributed by atoms with Crippen LogP contribution in [0.2, 0.25) is 0 Å². The van der Waals surface area contributed by atoms with Gasteiger partial charge >= 0.3 is 6.03 Å². The zero-order chi connectivity index (χ0) is 14.3. The maximum Gasteiger partial charge on any atom is 0.312 e. The van der Waals surface area contributed by atoms with E-state index < -0.39 is 6.03 Å². The van der Waals surface area contributed by atoms with Crippen molar-refractivity contribution in [2.24, 2.45) is 5.73 Å². The number of primary amides is 1. The number of hydrogen-bond acceptors (Lipinski definition) is 4. The van der Waals surface area contributed by atoms with E-state index in [0.29, 0.717) is 17.9 Å². The Hall–Kier alpha value is -2.31. The molecule has 6 N–H and O–H groups in total. The van der Waals surface area contributed by atoms with Crippen molar-refractivity contribution < 1.29 is 9.59 Å². The summed E-state index contributed by atoms with van der Waals surface area (Å²) in [6, 6.07) is 2.62. The van der Waals surface area contributed by atoms with E-state index in [-0.39, 0.29) is 12.5 Å². The van der Waals surface area contributed by atoms with Gasteiger partial charge in [0, 0.05) is 24.3 Å². The minimum atomic E-state index is -0.618. The van der Waals surface area contributed by atoms with Gasteiger partial charge in [-0.2, -0.15) is 0 Å². The number of aryl methyl sites for hydroxylation is 1. The lowest BCUT2D eigenvalue weighted by atomic mass is 10.1. The SMILES string of the molecule is CCCc1cc(C(=O)NCCNC(N)=O)cc(N)n1. The molecule has 1 rings (SSSR count). The third-order valence-corrected chi connectivity index (χ3v) is 2.38. The van der Waals surface area contributed by atoms with Crippen LogP contribution in [0, 0.1) is 0 Å². The largest absolute Gasteiger partial charge is 0.384 e. The first-order chi connectivity index (χ1) is 9.02. The van der Waals surface area contributed by atoms with Crippen LogP contribution < -0.4 is 22.1 Å². The number of carbonyl (C=O) groups is 2. The summed E-state index contributed by atoms with van der Waals surface area (Å²) < 4.78 is 0. The lowest BCUT2D eigenvalue weighted by Gasteiger charge is -2.08. The fourth-order valence-electron chi connectivity index (χ4n) is 1.59. The van der Waals surface area contributed by atoms with E-state index in [0.717, 1.165) is 18.5 Å². The van der Waals surface area contributed by atoms with Crippen LogP contribution in [-0.2, 0) is 6.42 Å². The lowest BCUT2D eigenvalue weighted by molar-refractivity contribution is 0.0953. The number of anilines is 1. The summed E-state index contributed by atoms with van der Waals surface area (Å²) in [6.45, 7) is 2.61. The highest BCUT2D eigenvalue weighted by atomic mass is 16.2. The minimum absolute atomic E-state index is 0.252. The molecule has 0 saturated carbocycles. The van der Waals surface area contributed by atoms with Crippen LogP contribution in [0.4, 0.5) is 10.6 Å². The van der Waals surface area contributed by atoms with E-state index in [1.54, 1.807) is 6.07 Å². The summed E-state index contributed by atoms with van der Waals surface area (Å²) in [5.74, 6) is 0.0732. The van der Waals surface area contributed by atoms with E-state index in [4.69, 9.17) is 11.5 Å². The molecule has 1 aromatic rings.